The van der Waals surface area contributed by atoms with Crippen LogP contribution >= 0.6 is 38.6 Å². The Bertz CT molecular complexity index is 676. The van der Waals surface area contributed by atoms with Crippen molar-refractivity contribution >= 4 is 50.8 Å². The summed E-state index contributed by atoms with van der Waals surface area (Å²) in [5, 5.41) is 2.12. The van der Waals surface area contributed by atoms with Crippen molar-refractivity contribution in [2.24, 2.45) is 0 Å². The molecule has 3 rings (SSSR count). The standard InChI is InChI=1S/C16H11BrS2/c17-13-6-3-12(4-7-13)5-8-14-9-10-16(19-14)15-2-1-11-18-15/h1-11H/b8-5+. The summed E-state index contributed by atoms with van der Waals surface area (Å²) in [5.74, 6) is 0. The first-order valence-electron chi connectivity index (χ1n) is 5.89. The minimum absolute atomic E-state index is 1.11. The van der Waals surface area contributed by atoms with Crippen LogP contribution in [0.4, 0.5) is 0 Å². The minimum atomic E-state index is 1.11. The summed E-state index contributed by atoms with van der Waals surface area (Å²) >= 11 is 7.06. The average molecular weight is 347 g/mol. The maximum Gasteiger partial charge on any atom is 0.0448 e. The fourth-order valence-corrected chi connectivity index (χ4v) is 3.76. The zero-order valence-corrected chi connectivity index (χ0v) is 13.3. The van der Waals surface area contributed by atoms with E-state index in [0.717, 1.165) is 4.47 Å². The second kappa shape index (κ2) is 5.87. The van der Waals surface area contributed by atoms with E-state index in [1.54, 1.807) is 11.3 Å². The molecule has 0 nitrogen and oxygen atoms in total. The number of benzene rings is 1. The summed E-state index contributed by atoms with van der Waals surface area (Å²) in [5.41, 5.74) is 1.22. The third-order valence-electron chi connectivity index (χ3n) is 2.70. The van der Waals surface area contributed by atoms with Gasteiger partial charge in [0, 0.05) is 19.1 Å². The fraction of sp³-hybridized carbons (Fsp3) is 0. The molecule has 0 aliphatic heterocycles. The lowest BCUT2D eigenvalue weighted by molar-refractivity contribution is 1.62. The van der Waals surface area contributed by atoms with Crippen LogP contribution in [0.25, 0.3) is 21.9 Å². The zero-order chi connectivity index (χ0) is 13.1. The molecule has 0 bridgehead atoms. The predicted molar refractivity (Wildman–Crippen MR) is 90.7 cm³/mol. The Morgan fingerprint density at radius 2 is 1.68 bits per heavy atom. The molecule has 0 amide bonds. The van der Waals surface area contributed by atoms with Crippen LogP contribution in [0.5, 0.6) is 0 Å². The summed E-state index contributed by atoms with van der Waals surface area (Å²) in [4.78, 5) is 3.96. The summed E-state index contributed by atoms with van der Waals surface area (Å²) in [6.07, 6.45) is 4.32. The van der Waals surface area contributed by atoms with Crippen LogP contribution in [-0.2, 0) is 0 Å². The van der Waals surface area contributed by atoms with Crippen LogP contribution in [0.3, 0.4) is 0 Å². The van der Waals surface area contributed by atoms with Gasteiger partial charge in [-0.2, -0.15) is 0 Å². The van der Waals surface area contributed by atoms with Gasteiger partial charge in [-0.15, -0.1) is 22.7 Å². The Labute approximate surface area is 129 Å². The minimum Gasteiger partial charge on any atom is -0.143 e. The highest BCUT2D eigenvalue weighted by molar-refractivity contribution is 9.10. The summed E-state index contributed by atoms with van der Waals surface area (Å²) in [7, 11) is 0. The maximum absolute atomic E-state index is 3.45. The molecule has 0 unspecified atom stereocenters. The van der Waals surface area contributed by atoms with Crippen molar-refractivity contribution in [3.05, 3.63) is 68.8 Å². The van der Waals surface area contributed by atoms with E-state index >= 15 is 0 Å². The van der Waals surface area contributed by atoms with Crippen molar-refractivity contribution in [2.75, 3.05) is 0 Å². The molecule has 94 valence electrons. The normalized spacial score (nSPS) is 11.2. The summed E-state index contributed by atoms with van der Waals surface area (Å²) < 4.78 is 1.11. The molecule has 3 aromatic rings. The van der Waals surface area contributed by atoms with Gasteiger partial charge in [0.1, 0.15) is 0 Å². The number of hydrogen-bond acceptors (Lipinski definition) is 2. The van der Waals surface area contributed by atoms with E-state index in [-0.39, 0.29) is 0 Å². The predicted octanol–water partition coefficient (Wildman–Crippen LogP) is 6.41. The van der Waals surface area contributed by atoms with Crippen LogP contribution in [0.15, 0.2) is 58.4 Å². The van der Waals surface area contributed by atoms with Crippen LogP contribution in [0, 0.1) is 0 Å². The zero-order valence-electron chi connectivity index (χ0n) is 10.0. The summed E-state index contributed by atoms with van der Waals surface area (Å²) in [6, 6.07) is 17.0. The van der Waals surface area contributed by atoms with E-state index < -0.39 is 0 Å². The molecular formula is C16H11BrS2. The van der Waals surface area contributed by atoms with E-state index in [0.29, 0.717) is 0 Å². The van der Waals surface area contributed by atoms with Gasteiger partial charge in [0.05, 0.1) is 0 Å². The third-order valence-corrected chi connectivity index (χ3v) is 5.35. The van der Waals surface area contributed by atoms with Gasteiger partial charge in [-0.25, -0.2) is 0 Å². The van der Waals surface area contributed by atoms with Crippen molar-refractivity contribution in [2.45, 2.75) is 0 Å². The van der Waals surface area contributed by atoms with E-state index in [2.05, 4.69) is 82.0 Å². The third kappa shape index (κ3) is 3.24. The molecule has 0 aliphatic carbocycles. The van der Waals surface area contributed by atoms with Crippen molar-refractivity contribution < 1.29 is 0 Å². The van der Waals surface area contributed by atoms with Gasteiger partial charge in [0.25, 0.3) is 0 Å². The topological polar surface area (TPSA) is 0 Å². The lowest BCUT2D eigenvalue weighted by Crippen LogP contribution is -1.69. The van der Waals surface area contributed by atoms with Gasteiger partial charge in [-0.3, -0.25) is 0 Å². The van der Waals surface area contributed by atoms with Gasteiger partial charge in [0.2, 0.25) is 0 Å². The first kappa shape index (κ1) is 12.9. The van der Waals surface area contributed by atoms with Crippen molar-refractivity contribution in [3.8, 4) is 9.75 Å². The van der Waals surface area contributed by atoms with Crippen molar-refractivity contribution in [1.29, 1.82) is 0 Å². The van der Waals surface area contributed by atoms with Gasteiger partial charge >= 0.3 is 0 Å². The first-order chi connectivity index (χ1) is 9.31. The number of thiophene rings is 2. The molecule has 0 N–H and O–H groups in total. The molecule has 0 radical (unpaired) electrons. The molecule has 3 heteroatoms. The molecule has 0 atom stereocenters. The van der Waals surface area contributed by atoms with Crippen LogP contribution in [-0.4, -0.2) is 0 Å². The highest BCUT2D eigenvalue weighted by Crippen LogP contribution is 2.32. The Hall–Kier alpha value is -1.16. The molecular weight excluding hydrogens is 336 g/mol. The fourth-order valence-electron chi connectivity index (χ4n) is 1.75. The van der Waals surface area contributed by atoms with Crippen LogP contribution in [0.1, 0.15) is 10.4 Å². The van der Waals surface area contributed by atoms with Gasteiger partial charge in [-0.05, 0) is 47.4 Å². The highest BCUT2D eigenvalue weighted by atomic mass is 79.9. The SMILES string of the molecule is Brc1ccc(/C=C/c2ccc(-c3cccs3)s2)cc1. The second-order valence-electron chi connectivity index (χ2n) is 4.06. The van der Waals surface area contributed by atoms with E-state index in [1.165, 1.54) is 20.2 Å². The molecule has 2 heterocycles. The Balaban J connectivity index is 1.78. The molecule has 0 fully saturated rings. The van der Waals surface area contributed by atoms with Crippen molar-refractivity contribution in [1.82, 2.24) is 0 Å². The van der Waals surface area contributed by atoms with E-state index in [1.807, 2.05) is 11.3 Å². The average Bonchev–Trinajstić information content (AvgIpc) is 3.09. The lowest BCUT2D eigenvalue weighted by Gasteiger charge is -1.93. The lowest BCUT2D eigenvalue weighted by atomic mass is 10.2. The molecule has 1 aromatic carbocycles. The number of halogens is 1. The molecule has 0 aliphatic rings. The molecule has 19 heavy (non-hydrogen) atoms. The second-order valence-corrected chi connectivity index (χ2v) is 7.04. The maximum atomic E-state index is 3.45. The number of rotatable bonds is 3. The van der Waals surface area contributed by atoms with Crippen LogP contribution in [0.2, 0.25) is 0 Å². The molecule has 2 aromatic heterocycles. The van der Waals surface area contributed by atoms with Gasteiger partial charge in [0.15, 0.2) is 0 Å². The first-order valence-corrected chi connectivity index (χ1v) is 8.37. The molecule has 0 saturated carbocycles. The summed E-state index contributed by atoms with van der Waals surface area (Å²) in [6.45, 7) is 0. The van der Waals surface area contributed by atoms with Crippen LogP contribution < -0.4 is 0 Å². The molecule has 0 saturated heterocycles. The largest absolute Gasteiger partial charge is 0.143 e. The quantitative estimate of drug-likeness (QED) is 0.513. The number of hydrogen-bond donors (Lipinski definition) is 0. The Morgan fingerprint density at radius 1 is 0.842 bits per heavy atom. The smallest absolute Gasteiger partial charge is 0.0448 e. The van der Waals surface area contributed by atoms with E-state index in [9.17, 15) is 0 Å². The van der Waals surface area contributed by atoms with Gasteiger partial charge < -0.3 is 0 Å². The highest BCUT2D eigenvalue weighted by Gasteiger charge is 2.01. The monoisotopic (exact) mass is 346 g/mol. The molecule has 0 spiro atoms. The Kier molecular flexibility index (Phi) is 3.97. The van der Waals surface area contributed by atoms with E-state index in [4.69, 9.17) is 0 Å². The van der Waals surface area contributed by atoms with Gasteiger partial charge in [-0.1, -0.05) is 40.2 Å². The Morgan fingerprint density at radius 3 is 2.42 bits per heavy atom. The van der Waals surface area contributed by atoms with Crippen molar-refractivity contribution in [3.63, 3.8) is 0 Å².